The maximum atomic E-state index is 14.2. The van der Waals surface area contributed by atoms with Gasteiger partial charge in [0.2, 0.25) is 0 Å². The number of aromatic nitrogens is 1. The molecule has 2 atom stereocenters. The van der Waals surface area contributed by atoms with Crippen LogP contribution in [0, 0.1) is 17.2 Å². The Balaban J connectivity index is 1.62. The van der Waals surface area contributed by atoms with Crippen molar-refractivity contribution in [3.05, 3.63) is 58.7 Å². The van der Waals surface area contributed by atoms with Gasteiger partial charge >= 0.3 is 6.09 Å². The Kier molecular flexibility index (Phi) is 6.52. The number of hydrogen-bond donors (Lipinski definition) is 2. The zero-order chi connectivity index (χ0) is 24.5. The lowest BCUT2D eigenvalue weighted by Crippen LogP contribution is -2.67. The van der Waals surface area contributed by atoms with Crippen LogP contribution in [-0.2, 0) is 10.2 Å². The average molecular weight is 482 g/mol. The fraction of sp³-hybridized carbons (Fsp3) is 0.440. The smallest absolute Gasteiger partial charge is 0.407 e. The van der Waals surface area contributed by atoms with E-state index in [1.807, 2.05) is 25.1 Å². The van der Waals surface area contributed by atoms with Crippen LogP contribution in [0.3, 0.4) is 0 Å². The van der Waals surface area contributed by atoms with Crippen molar-refractivity contribution >= 4 is 29.3 Å². The summed E-state index contributed by atoms with van der Waals surface area (Å²) < 4.78 is 0. The summed E-state index contributed by atoms with van der Waals surface area (Å²) in [6, 6.07) is 12.9. The summed E-state index contributed by atoms with van der Waals surface area (Å²) in [5, 5.41) is 22.9. The predicted molar refractivity (Wildman–Crippen MR) is 129 cm³/mol. The summed E-state index contributed by atoms with van der Waals surface area (Å²) in [6.45, 7) is 3.96. The molecule has 178 valence electrons. The molecule has 0 unspecified atom stereocenters. The minimum Gasteiger partial charge on any atom is -0.465 e. The minimum atomic E-state index is -1.24. The number of pyridine rings is 1. The lowest BCUT2D eigenvalue weighted by molar-refractivity contribution is -0.136. The van der Waals surface area contributed by atoms with Gasteiger partial charge < -0.3 is 15.3 Å². The topological polar surface area (TPSA) is 110 Å². The second-order valence-corrected chi connectivity index (χ2v) is 9.72. The highest BCUT2D eigenvalue weighted by atomic mass is 35.5. The van der Waals surface area contributed by atoms with Crippen LogP contribution < -0.4 is 10.2 Å². The van der Waals surface area contributed by atoms with Crippen molar-refractivity contribution in [2.24, 2.45) is 5.92 Å². The SMILES string of the molecule is CN(C(=O)O)[C@]1(C(=O)C2CCN(c3ccc(C#N)cn3)CC2)CNC[C@@]1(C)c1ccc(Cl)cc1. The van der Waals surface area contributed by atoms with Gasteiger partial charge in [0.1, 0.15) is 17.4 Å². The number of nitriles is 1. The number of hydrogen-bond acceptors (Lipinski definition) is 6. The number of nitrogens with one attached hydrogen (secondary N) is 1. The molecule has 2 aromatic rings. The van der Waals surface area contributed by atoms with Gasteiger partial charge in [0.15, 0.2) is 5.78 Å². The third kappa shape index (κ3) is 3.89. The molecule has 0 radical (unpaired) electrons. The van der Waals surface area contributed by atoms with Gasteiger partial charge in [-0.25, -0.2) is 9.78 Å². The normalized spacial score (nSPS) is 25.1. The van der Waals surface area contributed by atoms with E-state index in [2.05, 4.69) is 21.3 Å². The summed E-state index contributed by atoms with van der Waals surface area (Å²) in [5.41, 5.74) is -0.620. The molecule has 2 fully saturated rings. The van der Waals surface area contributed by atoms with Gasteiger partial charge in [-0.15, -0.1) is 0 Å². The number of carbonyl (C=O) groups is 2. The molecule has 2 N–H and O–H groups in total. The maximum Gasteiger partial charge on any atom is 0.407 e. The monoisotopic (exact) mass is 481 g/mol. The number of carboxylic acid groups (broad SMARTS) is 1. The maximum absolute atomic E-state index is 14.2. The largest absolute Gasteiger partial charge is 0.465 e. The van der Waals surface area contributed by atoms with E-state index < -0.39 is 17.0 Å². The van der Waals surface area contributed by atoms with E-state index >= 15 is 0 Å². The van der Waals surface area contributed by atoms with Crippen LogP contribution in [-0.4, -0.2) is 65.6 Å². The number of amides is 1. The molecule has 0 aliphatic carbocycles. The van der Waals surface area contributed by atoms with Gasteiger partial charge in [-0.2, -0.15) is 5.26 Å². The Labute approximate surface area is 204 Å². The van der Waals surface area contributed by atoms with E-state index in [1.54, 1.807) is 24.4 Å². The Morgan fingerprint density at radius 3 is 2.44 bits per heavy atom. The fourth-order valence-electron chi connectivity index (χ4n) is 5.52. The highest BCUT2D eigenvalue weighted by Gasteiger charge is 2.62. The number of ketones is 1. The Morgan fingerprint density at radius 1 is 1.21 bits per heavy atom. The van der Waals surface area contributed by atoms with E-state index in [4.69, 9.17) is 16.9 Å². The standard InChI is InChI=1S/C25H28ClN5O3/c1-24(19-4-6-20(26)7-5-19)15-28-16-25(24,30(2)23(33)34)22(32)18-9-11-31(12-10-18)21-8-3-17(13-27)14-29-21/h3-8,14,18,28H,9-12,15-16H2,1-2H3,(H,33,34)/t24-,25-/m0/s1. The molecule has 2 aliphatic heterocycles. The number of benzene rings is 1. The number of likely N-dealkylation sites (N-methyl/N-ethyl adjacent to an activating group) is 1. The van der Waals surface area contributed by atoms with Crippen molar-refractivity contribution in [1.29, 1.82) is 5.26 Å². The first-order valence-electron chi connectivity index (χ1n) is 11.3. The summed E-state index contributed by atoms with van der Waals surface area (Å²) >= 11 is 6.10. The number of carbonyl (C=O) groups excluding carboxylic acids is 1. The van der Waals surface area contributed by atoms with Crippen molar-refractivity contribution in [2.45, 2.75) is 30.7 Å². The van der Waals surface area contributed by atoms with E-state index in [1.165, 1.54) is 11.9 Å². The Bertz CT molecular complexity index is 1110. The van der Waals surface area contributed by atoms with Crippen LogP contribution in [0.1, 0.15) is 30.9 Å². The number of anilines is 1. The first-order valence-corrected chi connectivity index (χ1v) is 11.7. The molecule has 2 aliphatic rings. The van der Waals surface area contributed by atoms with Crippen LogP contribution in [0.4, 0.5) is 10.6 Å². The number of piperidine rings is 1. The molecule has 1 aromatic carbocycles. The molecule has 3 heterocycles. The molecule has 9 heteroatoms. The van der Waals surface area contributed by atoms with Gasteiger partial charge in [-0.1, -0.05) is 30.7 Å². The van der Waals surface area contributed by atoms with Crippen molar-refractivity contribution in [1.82, 2.24) is 15.2 Å². The van der Waals surface area contributed by atoms with Gasteiger partial charge in [-0.05, 0) is 42.7 Å². The number of rotatable bonds is 5. The molecule has 1 aromatic heterocycles. The van der Waals surface area contributed by atoms with Crippen LogP contribution in [0.25, 0.3) is 0 Å². The summed E-state index contributed by atoms with van der Waals surface area (Å²) in [7, 11) is 1.50. The van der Waals surface area contributed by atoms with Crippen LogP contribution in [0.15, 0.2) is 42.6 Å². The van der Waals surface area contributed by atoms with Crippen molar-refractivity contribution in [3.8, 4) is 6.07 Å². The molecule has 34 heavy (non-hydrogen) atoms. The van der Waals surface area contributed by atoms with Crippen molar-refractivity contribution in [2.75, 3.05) is 38.1 Å². The van der Waals surface area contributed by atoms with Gasteiger partial charge in [-0.3, -0.25) is 9.69 Å². The summed E-state index contributed by atoms with van der Waals surface area (Å²) in [4.78, 5) is 34.1. The van der Waals surface area contributed by atoms with E-state index in [-0.39, 0.29) is 18.2 Å². The highest BCUT2D eigenvalue weighted by Crippen LogP contribution is 2.45. The Hall–Kier alpha value is -3.15. The van der Waals surface area contributed by atoms with E-state index in [0.717, 1.165) is 11.4 Å². The molecule has 2 saturated heterocycles. The second kappa shape index (κ2) is 9.24. The first kappa shape index (κ1) is 24.0. The molecule has 8 nitrogen and oxygen atoms in total. The minimum absolute atomic E-state index is 0.0488. The highest BCUT2D eigenvalue weighted by molar-refractivity contribution is 6.30. The predicted octanol–water partition coefficient (Wildman–Crippen LogP) is 3.30. The van der Waals surface area contributed by atoms with E-state index in [9.17, 15) is 14.7 Å². The van der Waals surface area contributed by atoms with E-state index in [0.29, 0.717) is 43.1 Å². The van der Waals surface area contributed by atoms with Crippen LogP contribution in [0.5, 0.6) is 0 Å². The summed E-state index contributed by atoms with van der Waals surface area (Å²) in [5.74, 6) is 0.450. The lowest BCUT2D eigenvalue weighted by Gasteiger charge is -2.49. The van der Waals surface area contributed by atoms with Gasteiger partial charge in [0.25, 0.3) is 0 Å². The van der Waals surface area contributed by atoms with Crippen molar-refractivity contribution in [3.63, 3.8) is 0 Å². The van der Waals surface area contributed by atoms with Gasteiger partial charge in [0, 0.05) is 55.8 Å². The van der Waals surface area contributed by atoms with Crippen LogP contribution >= 0.6 is 11.6 Å². The molecule has 0 spiro atoms. The molecular formula is C25H28ClN5O3. The third-order valence-corrected chi connectivity index (χ3v) is 7.84. The third-order valence-electron chi connectivity index (χ3n) is 7.59. The molecule has 0 bridgehead atoms. The van der Waals surface area contributed by atoms with Gasteiger partial charge in [0.05, 0.1) is 5.56 Å². The Morgan fingerprint density at radius 2 is 1.88 bits per heavy atom. The fourth-order valence-corrected chi connectivity index (χ4v) is 5.64. The number of nitrogens with zero attached hydrogens (tertiary/aromatic N) is 4. The summed E-state index contributed by atoms with van der Waals surface area (Å²) in [6.07, 6.45) is 1.63. The van der Waals surface area contributed by atoms with Crippen LogP contribution in [0.2, 0.25) is 5.02 Å². The molecule has 0 saturated carbocycles. The average Bonchev–Trinajstić information content (AvgIpc) is 3.22. The molecular weight excluding hydrogens is 454 g/mol. The zero-order valence-electron chi connectivity index (χ0n) is 19.3. The number of Topliss-reactive ketones (excluding diaryl/α,β-unsaturated/α-hetero) is 1. The number of halogens is 1. The first-order chi connectivity index (χ1) is 16.2. The quantitative estimate of drug-likeness (QED) is 0.674. The van der Waals surface area contributed by atoms with Crippen molar-refractivity contribution < 1.29 is 14.7 Å². The second-order valence-electron chi connectivity index (χ2n) is 9.29. The zero-order valence-corrected chi connectivity index (χ0v) is 20.0. The molecule has 1 amide bonds. The lowest BCUT2D eigenvalue weighted by atomic mass is 9.63. The molecule has 4 rings (SSSR count).